The topological polar surface area (TPSA) is 387 Å². The van der Waals surface area contributed by atoms with Crippen molar-refractivity contribution in [3.63, 3.8) is 0 Å². The number of nitrogen functional groups attached to an aromatic ring is 1. The standard InChI is InChI=1S/C16H22O3.C15H21NO3.C15H20O3.C9H15ClO3.C9H16O4.C6H7N.C2Cl2O2.CH5N.CH3.HI.K.H2O.Pd/c1-19-16(18)12-8-3-2-7-11-15(17)13-14-9-5-4-6-10-14;17-14(12-13-8-4-3-5-9-13)10-6-1-2-7-11-15(18)16-19;16-14(12-13-8-4-3-5-9-13)10-6-1-2-7-11-15(17)18;2*1-13-9(12)7-5-3-2-4-6-8(10)11;7-6-4-2-1-3-5-6;3-1(5)2(4)6;1-2;;;;;/h4-6,9-10H,2-3,7-8,11-13H2,1H3;3-5,8-9,19H,1-2,6-7,10-12H2,(H,16,18);3-5,8-9H,1-2,6-7,10-12H2,(H,17,18);2-7H2,1H3;2-7H2,1H3,(H,10,11);1-5H,7H2;;2H2,1H3;1H3;1H;;1H2;/q;;;;;;;;-1;;+1;;/p-1. The minimum Gasteiger partial charge on any atom is -0.870 e. The van der Waals surface area contributed by atoms with E-state index in [1.807, 2.05) is 121 Å². The molecule has 0 aliphatic carbocycles. The van der Waals surface area contributed by atoms with Gasteiger partial charge < -0.3 is 48.8 Å². The molecule has 0 aliphatic heterocycles. The van der Waals surface area contributed by atoms with Crippen LogP contribution in [0.3, 0.4) is 0 Å². The minimum atomic E-state index is -1.14. The van der Waals surface area contributed by atoms with Crippen molar-refractivity contribution in [3.8, 4) is 0 Å². The number of rotatable bonds is 42. The number of carboxylic acids is 2. The van der Waals surface area contributed by atoms with Crippen molar-refractivity contribution < 1.29 is 164 Å². The molecule has 0 unspecified atom stereocenters. The zero-order valence-electron chi connectivity index (χ0n) is 60.3. The summed E-state index contributed by atoms with van der Waals surface area (Å²) in [5, 5.41) is 22.5. The largest absolute Gasteiger partial charge is 1.00 e. The molecule has 0 spiro atoms. The third kappa shape index (κ3) is 91.4. The van der Waals surface area contributed by atoms with E-state index in [0.29, 0.717) is 89.3 Å². The number of hydrogen-bond acceptors (Lipinski definition) is 19. The summed E-state index contributed by atoms with van der Waals surface area (Å²) in [4.78, 5) is 128. The number of benzene rings is 4. The van der Waals surface area contributed by atoms with Gasteiger partial charge in [-0.05, 0) is 135 Å². The number of esters is 3. The van der Waals surface area contributed by atoms with Crippen molar-refractivity contribution in [2.45, 2.75) is 212 Å². The molecule has 102 heavy (non-hydrogen) atoms. The first kappa shape index (κ1) is 116. The molecule has 9 N–H and O–H groups in total. The van der Waals surface area contributed by atoms with E-state index in [0.717, 1.165) is 138 Å². The number of Topliss-reactive ketones (excluding diaryl/α,β-unsaturated/α-hetero) is 3. The molecule has 4 aromatic rings. The van der Waals surface area contributed by atoms with Gasteiger partial charge in [0.15, 0.2) is 0 Å². The smallest absolute Gasteiger partial charge is 0.870 e. The molecule has 576 valence electrons. The number of para-hydroxylation sites is 1. The number of unbranched alkanes of at least 4 members (excludes halogenated alkanes) is 15. The summed E-state index contributed by atoms with van der Waals surface area (Å²) >= 11 is 14.1. The molecular weight excluding hydrogens is 1610 g/mol. The molecule has 28 heteroatoms. The molecule has 0 fully saturated rings. The molecule has 0 aliphatic rings. The van der Waals surface area contributed by atoms with Gasteiger partial charge in [-0.1, -0.05) is 173 Å². The van der Waals surface area contributed by atoms with Crippen LogP contribution in [0.5, 0.6) is 0 Å². The van der Waals surface area contributed by atoms with Crippen molar-refractivity contribution >= 4 is 133 Å². The van der Waals surface area contributed by atoms with Crippen LogP contribution in [0.25, 0.3) is 0 Å². The van der Waals surface area contributed by atoms with Gasteiger partial charge in [0.1, 0.15) is 17.3 Å². The summed E-state index contributed by atoms with van der Waals surface area (Å²) in [5.74, 6) is -1.55. The zero-order chi connectivity index (χ0) is 73.5. The van der Waals surface area contributed by atoms with Gasteiger partial charge in [-0.3, -0.25) is 62.7 Å². The Balaban J connectivity index is -0.000000143. The third-order valence-electron chi connectivity index (χ3n) is 13.3. The minimum absolute atomic E-state index is 0. The fourth-order valence-electron chi connectivity index (χ4n) is 8.20. The Bertz CT molecular complexity index is 2610. The van der Waals surface area contributed by atoms with Crippen LogP contribution in [0.15, 0.2) is 121 Å². The van der Waals surface area contributed by atoms with Gasteiger partial charge >= 0.3 is 91.7 Å². The van der Waals surface area contributed by atoms with Crippen molar-refractivity contribution in [2.24, 2.45) is 5.73 Å². The molecule has 0 atom stereocenters. The maximum Gasteiger partial charge on any atom is 1.00 e. The van der Waals surface area contributed by atoms with Crippen LogP contribution < -0.4 is 68.3 Å². The maximum atomic E-state index is 11.7. The first-order valence-corrected chi connectivity index (χ1v) is 33.8. The first-order chi connectivity index (χ1) is 46.5. The average molecular weight is 1730 g/mol. The van der Waals surface area contributed by atoms with Crippen LogP contribution in [0.2, 0.25) is 0 Å². The number of methoxy groups -OCH3 is 3. The van der Waals surface area contributed by atoms with Crippen LogP contribution in [-0.2, 0) is 111 Å². The van der Waals surface area contributed by atoms with Gasteiger partial charge in [-0.15, -0.1) is 24.0 Å². The van der Waals surface area contributed by atoms with Crippen LogP contribution in [0.1, 0.15) is 209 Å². The van der Waals surface area contributed by atoms with E-state index in [1.54, 1.807) is 5.48 Å². The van der Waals surface area contributed by atoms with E-state index in [1.165, 1.54) is 28.4 Å². The average Bonchev–Trinajstić information content (AvgIpc) is 1.12. The number of hydrogen-bond donors (Lipinski definition) is 6. The van der Waals surface area contributed by atoms with Gasteiger partial charge in [0.25, 0.3) is 0 Å². The zero-order valence-corrected chi connectivity index (χ0v) is 69.6. The van der Waals surface area contributed by atoms with Gasteiger partial charge in [0.05, 0.1) is 21.3 Å². The number of nitrogens with two attached hydrogens (primary N) is 2. The number of carbonyl (C=O) groups is 12. The fourth-order valence-corrected chi connectivity index (χ4v) is 8.33. The molecular formula is C74H111Cl3IKN3O19Pd-. The molecule has 0 saturated carbocycles. The monoisotopic (exact) mass is 1720 g/mol. The Kier molecular flexibility index (Phi) is 98.6. The second kappa shape index (κ2) is 86.9. The van der Waals surface area contributed by atoms with Crippen LogP contribution >= 0.6 is 58.8 Å². The van der Waals surface area contributed by atoms with E-state index in [4.69, 9.17) is 32.8 Å². The summed E-state index contributed by atoms with van der Waals surface area (Å²) in [6, 6.07) is 38.8. The molecule has 4 rings (SSSR count). The van der Waals surface area contributed by atoms with Crippen LogP contribution in [0.4, 0.5) is 5.69 Å². The number of carbonyl (C=O) groups excluding carboxylic acids is 10. The molecule has 0 aromatic heterocycles. The molecule has 0 bridgehead atoms. The van der Waals surface area contributed by atoms with Crippen molar-refractivity contribution in [1.29, 1.82) is 0 Å². The van der Waals surface area contributed by atoms with E-state index in [9.17, 15) is 57.5 Å². The van der Waals surface area contributed by atoms with Crippen LogP contribution in [-0.4, -0.2) is 118 Å². The van der Waals surface area contributed by atoms with Crippen LogP contribution in [0, 0.1) is 7.43 Å². The molecule has 0 radical (unpaired) electrons. The number of carboxylic acid groups (broad SMARTS) is 2. The second-order valence-corrected chi connectivity index (χ2v) is 22.6. The summed E-state index contributed by atoms with van der Waals surface area (Å²) in [6.07, 6.45) is 23.3. The molecule has 1 amide bonds. The predicted octanol–water partition coefficient (Wildman–Crippen LogP) is 12.3. The Labute approximate surface area is 693 Å². The number of nitrogens with one attached hydrogen (secondary N) is 1. The molecule has 4 aromatic carbocycles. The number of halogens is 4. The first-order valence-electron chi connectivity index (χ1n) is 32.7. The Morgan fingerprint density at radius 1 is 0.373 bits per heavy atom. The molecule has 0 heterocycles. The number of aliphatic carboxylic acids is 2. The number of ether oxygens (including phenoxy) is 3. The van der Waals surface area contributed by atoms with Crippen molar-refractivity contribution in [3.05, 3.63) is 145 Å². The number of anilines is 1. The van der Waals surface area contributed by atoms with E-state index in [2.05, 4.69) is 43.1 Å². The fraction of sp³-hybridized carbons (Fsp3) is 0.500. The SMILES string of the molecule is CN.COC(=O)CCCCCCC(=O)Cc1ccccc1.COC(=O)CCCCCCC(=O)Cl.COC(=O)CCCCCCC(=O)O.I.Nc1ccccc1.O=C(CCCCCCC(=O)NO)Cc1ccccc1.O=C(Cl)C(=O)Cl.O=C(O)CCCCCCC(=O)Cc1ccccc1.[CH3-].[K+].[OH-].[Pd]. The number of hydroxylamine groups is 1. The summed E-state index contributed by atoms with van der Waals surface area (Å²) in [7, 11) is 5.66. The van der Waals surface area contributed by atoms with E-state index in [-0.39, 0.29) is 162 Å². The van der Waals surface area contributed by atoms with E-state index >= 15 is 0 Å². The van der Waals surface area contributed by atoms with Crippen molar-refractivity contribution in [2.75, 3.05) is 34.1 Å². The Morgan fingerprint density at radius 2 is 0.588 bits per heavy atom. The van der Waals surface area contributed by atoms with Gasteiger partial charge in [0, 0.05) is 110 Å². The molecule has 0 saturated heterocycles. The quantitative estimate of drug-likeness (QED) is 0.00205. The van der Waals surface area contributed by atoms with E-state index < -0.39 is 22.4 Å². The normalized spacial score (nSPS) is 9.15. The van der Waals surface area contributed by atoms with Gasteiger partial charge in [-0.25, -0.2) is 5.48 Å². The Hall–Kier alpha value is -4.70. The predicted molar refractivity (Wildman–Crippen MR) is 403 cm³/mol. The molecule has 22 nitrogen and oxygen atoms in total. The van der Waals surface area contributed by atoms with Gasteiger partial charge in [0.2, 0.25) is 11.1 Å². The number of ketones is 3. The summed E-state index contributed by atoms with van der Waals surface area (Å²) in [6.45, 7) is 0. The summed E-state index contributed by atoms with van der Waals surface area (Å²) in [5.41, 5.74) is 15.5. The van der Waals surface area contributed by atoms with Crippen molar-refractivity contribution in [1.82, 2.24) is 5.48 Å². The third-order valence-corrected chi connectivity index (χ3v) is 13.9. The number of amides is 1. The summed E-state index contributed by atoms with van der Waals surface area (Å²) < 4.78 is 13.5. The van der Waals surface area contributed by atoms with Gasteiger partial charge in [-0.2, -0.15) is 0 Å². The second-order valence-electron chi connectivity index (χ2n) is 21.5. The Morgan fingerprint density at radius 3 is 0.784 bits per heavy atom. The maximum absolute atomic E-state index is 11.7.